The maximum Gasteiger partial charge on any atom is 0.519 e. The Morgan fingerprint density at radius 1 is 1.17 bits per heavy atom. The summed E-state index contributed by atoms with van der Waals surface area (Å²) in [5, 5.41) is 10.5. The van der Waals surface area contributed by atoms with Gasteiger partial charge in [0.05, 0.1) is 0 Å². The second-order valence-corrected chi connectivity index (χ2v) is 6.41. The van der Waals surface area contributed by atoms with Crippen LogP contribution in [0.5, 0.6) is 0 Å². The van der Waals surface area contributed by atoms with Crippen LogP contribution in [0.25, 0.3) is 0 Å². The van der Waals surface area contributed by atoms with Gasteiger partial charge in [0.15, 0.2) is 30.5 Å². The Kier molecular flexibility index (Phi) is 7.36. The van der Waals surface area contributed by atoms with Crippen molar-refractivity contribution in [2.24, 2.45) is 0 Å². The van der Waals surface area contributed by atoms with E-state index in [-0.39, 0.29) is 35.6 Å². The molecule has 12 nitrogen and oxygen atoms in total. The van der Waals surface area contributed by atoms with Gasteiger partial charge in [-0.2, -0.15) is 0 Å². The number of aliphatic carboxylic acids is 1. The highest BCUT2D eigenvalue weighted by Crippen LogP contribution is 2.23. The molecule has 2 heterocycles. The van der Waals surface area contributed by atoms with Crippen molar-refractivity contribution >= 4 is 29.1 Å². The number of carbonyl (C=O) groups excluding carboxylic acids is 2. The Bertz CT molecular complexity index is 897. The van der Waals surface area contributed by atoms with Gasteiger partial charge in [0.1, 0.15) is 11.8 Å². The molecule has 1 aliphatic rings. The molecule has 1 aliphatic heterocycles. The SMILES string of the molecule is C=C1OC(C)=C(COC(=O)SC[C@H](NC(=O)OCc2oc(=O)oc2C)C(=O)O)O1. The molecule has 0 aliphatic carbocycles. The predicted molar refractivity (Wildman–Crippen MR) is 94.5 cm³/mol. The number of carbonyl (C=O) groups is 3. The second kappa shape index (κ2) is 9.73. The number of aryl methyl sites for hydroxylation is 1. The van der Waals surface area contributed by atoms with E-state index in [9.17, 15) is 19.2 Å². The number of ether oxygens (including phenoxy) is 4. The Hall–Kier alpha value is -3.35. The Labute approximate surface area is 167 Å². The fourth-order valence-corrected chi connectivity index (χ4v) is 2.57. The molecule has 29 heavy (non-hydrogen) atoms. The number of hydrogen-bond acceptors (Lipinski definition) is 11. The van der Waals surface area contributed by atoms with Gasteiger partial charge in [-0.25, -0.2) is 19.2 Å². The highest BCUT2D eigenvalue weighted by molar-refractivity contribution is 8.13. The smallest absolute Gasteiger partial charge is 0.480 e. The summed E-state index contributed by atoms with van der Waals surface area (Å²) < 4.78 is 29.1. The van der Waals surface area contributed by atoms with Crippen LogP contribution in [-0.2, 0) is 30.3 Å². The summed E-state index contributed by atoms with van der Waals surface area (Å²) in [5.41, 5.74) is 0. The van der Waals surface area contributed by atoms with Crippen molar-refractivity contribution < 1.29 is 47.3 Å². The van der Waals surface area contributed by atoms with Crippen LogP contribution in [-0.4, -0.2) is 40.9 Å². The average Bonchev–Trinajstić information content (AvgIpc) is 3.14. The lowest BCUT2D eigenvalue weighted by molar-refractivity contribution is -0.138. The fraction of sp³-hybridized carbons (Fsp3) is 0.375. The molecule has 0 radical (unpaired) electrons. The maximum absolute atomic E-state index is 11.8. The molecule has 0 fully saturated rings. The number of nitrogens with one attached hydrogen (secondary N) is 1. The highest BCUT2D eigenvalue weighted by Gasteiger charge is 2.24. The lowest BCUT2D eigenvalue weighted by atomic mass is 10.3. The molecule has 1 atom stereocenters. The number of amides is 1. The first kappa shape index (κ1) is 21.9. The van der Waals surface area contributed by atoms with E-state index < -0.39 is 35.8 Å². The minimum Gasteiger partial charge on any atom is -0.480 e. The van der Waals surface area contributed by atoms with Crippen molar-refractivity contribution in [3.63, 3.8) is 0 Å². The summed E-state index contributed by atoms with van der Waals surface area (Å²) in [4.78, 5) is 45.7. The summed E-state index contributed by atoms with van der Waals surface area (Å²) >= 11 is 0.532. The third-order valence-corrected chi connectivity index (χ3v) is 4.20. The largest absolute Gasteiger partial charge is 0.519 e. The van der Waals surface area contributed by atoms with Gasteiger partial charge >= 0.3 is 23.2 Å². The zero-order chi connectivity index (χ0) is 21.6. The normalized spacial score (nSPS) is 14.1. The number of thioether (sulfide) groups is 1. The standard InChI is InChI=1S/C16H17NO11S/c1-7-11(27-9(3)25-7)5-24-16(22)29-6-10(13(18)19)17-14(20)23-4-12-8(2)26-15(21)28-12/h10H,3-6H2,1-2H3,(H,17,20)(H,18,19)/t10-/m0/s1. The monoisotopic (exact) mass is 431 g/mol. The number of allylic oxidation sites excluding steroid dienone is 1. The molecule has 0 aromatic carbocycles. The van der Waals surface area contributed by atoms with Crippen molar-refractivity contribution in [3.8, 4) is 0 Å². The van der Waals surface area contributed by atoms with Crippen LogP contribution in [0.2, 0.25) is 0 Å². The van der Waals surface area contributed by atoms with E-state index in [1.807, 2.05) is 0 Å². The van der Waals surface area contributed by atoms with Crippen molar-refractivity contribution in [1.29, 1.82) is 0 Å². The molecule has 1 aromatic rings. The van der Waals surface area contributed by atoms with Crippen LogP contribution in [0.15, 0.2) is 37.7 Å². The third-order valence-electron chi connectivity index (χ3n) is 3.35. The molecule has 158 valence electrons. The van der Waals surface area contributed by atoms with E-state index in [1.54, 1.807) is 6.92 Å². The van der Waals surface area contributed by atoms with Crippen molar-refractivity contribution in [1.82, 2.24) is 5.32 Å². The van der Waals surface area contributed by atoms with Crippen molar-refractivity contribution in [2.75, 3.05) is 12.4 Å². The van der Waals surface area contributed by atoms with Gasteiger partial charge in [-0.15, -0.1) is 0 Å². The van der Waals surface area contributed by atoms with E-state index >= 15 is 0 Å². The summed E-state index contributed by atoms with van der Waals surface area (Å²) in [5.74, 6) is -1.85. The Morgan fingerprint density at radius 2 is 1.90 bits per heavy atom. The summed E-state index contributed by atoms with van der Waals surface area (Å²) in [6, 6.07) is -1.44. The first-order chi connectivity index (χ1) is 13.7. The van der Waals surface area contributed by atoms with Gasteiger partial charge in [0, 0.05) is 5.75 Å². The fourth-order valence-electron chi connectivity index (χ4n) is 1.90. The van der Waals surface area contributed by atoms with E-state index in [4.69, 9.17) is 24.1 Å². The zero-order valence-electron chi connectivity index (χ0n) is 15.3. The van der Waals surface area contributed by atoms with E-state index in [0.29, 0.717) is 17.5 Å². The molecule has 13 heteroatoms. The third kappa shape index (κ3) is 6.64. The molecular weight excluding hydrogens is 414 g/mol. The number of carboxylic acids is 1. The minimum absolute atomic E-state index is 0.0135. The van der Waals surface area contributed by atoms with Gasteiger partial charge < -0.3 is 38.2 Å². The number of carboxylic acid groups (broad SMARTS) is 1. The van der Waals surface area contributed by atoms with Gasteiger partial charge in [-0.05, 0) is 32.2 Å². The van der Waals surface area contributed by atoms with Gasteiger partial charge in [-0.1, -0.05) is 0 Å². The zero-order valence-corrected chi connectivity index (χ0v) is 16.2. The molecule has 0 saturated heterocycles. The van der Waals surface area contributed by atoms with Crippen LogP contribution in [0.3, 0.4) is 0 Å². The first-order valence-corrected chi connectivity index (χ1v) is 8.93. The maximum atomic E-state index is 11.8. The number of hydrogen-bond donors (Lipinski definition) is 2. The molecule has 0 bridgehead atoms. The molecule has 0 spiro atoms. The van der Waals surface area contributed by atoms with Gasteiger partial charge in [-0.3, -0.25) is 0 Å². The van der Waals surface area contributed by atoms with Gasteiger partial charge in [0.25, 0.3) is 5.95 Å². The Morgan fingerprint density at radius 3 is 2.45 bits per heavy atom. The second-order valence-electron chi connectivity index (χ2n) is 5.45. The summed E-state index contributed by atoms with van der Waals surface area (Å²) in [6.07, 6.45) is -1.09. The molecule has 0 saturated carbocycles. The molecule has 2 rings (SSSR count). The van der Waals surface area contributed by atoms with Crippen LogP contribution >= 0.6 is 11.8 Å². The molecule has 1 amide bonds. The predicted octanol–water partition coefficient (Wildman–Crippen LogP) is 1.84. The van der Waals surface area contributed by atoms with Crippen LogP contribution in [0, 0.1) is 6.92 Å². The lowest BCUT2D eigenvalue weighted by Crippen LogP contribution is -2.43. The number of alkyl carbamates (subject to hydrolysis) is 1. The van der Waals surface area contributed by atoms with Crippen LogP contribution in [0.4, 0.5) is 9.59 Å². The van der Waals surface area contributed by atoms with E-state index in [1.165, 1.54) is 6.92 Å². The minimum atomic E-state index is -1.44. The van der Waals surface area contributed by atoms with Crippen LogP contribution in [0.1, 0.15) is 18.4 Å². The highest BCUT2D eigenvalue weighted by atomic mass is 32.2. The molecule has 1 aromatic heterocycles. The van der Waals surface area contributed by atoms with E-state index in [0.717, 1.165) is 0 Å². The summed E-state index contributed by atoms with van der Waals surface area (Å²) in [7, 11) is 0. The quantitative estimate of drug-likeness (QED) is 0.575. The molecule has 0 unspecified atom stereocenters. The number of rotatable bonds is 8. The lowest BCUT2D eigenvalue weighted by Gasteiger charge is -2.13. The first-order valence-electron chi connectivity index (χ1n) is 7.95. The molecule has 2 N–H and O–H groups in total. The topological polar surface area (TPSA) is 164 Å². The van der Waals surface area contributed by atoms with Crippen LogP contribution < -0.4 is 11.1 Å². The Balaban J connectivity index is 1.76. The van der Waals surface area contributed by atoms with Gasteiger partial charge in [0.2, 0.25) is 0 Å². The van der Waals surface area contributed by atoms with Crippen molar-refractivity contribution in [3.05, 3.63) is 46.2 Å². The molecular formula is C16H17NO11S. The van der Waals surface area contributed by atoms with E-state index in [2.05, 4.69) is 20.7 Å². The average molecular weight is 431 g/mol. The van der Waals surface area contributed by atoms with Crippen molar-refractivity contribution in [2.45, 2.75) is 26.5 Å². The summed E-state index contributed by atoms with van der Waals surface area (Å²) in [6.45, 7) is 5.82.